The van der Waals surface area contributed by atoms with Gasteiger partial charge in [-0.15, -0.1) is 0 Å². The molecule has 0 radical (unpaired) electrons. The molecule has 1 N–H and O–H groups in total. The Kier molecular flexibility index (Phi) is 3.01. The highest BCUT2D eigenvalue weighted by atomic mass is 16.2. The van der Waals surface area contributed by atoms with Crippen molar-refractivity contribution in [1.29, 1.82) is 0 Å². The summed E-state index contributed by atoms with van der Waals surface area (Å²) in [6.07, 6.45) is 0. The summed E-state index contributed by atoms with van der Waals surface area (Å²) in [6, 6.07) is 0. The number of likely N-dealkylation sites (tertiary alicyclic amines) is 1. The van der Waals surface area contributed by atoms with E-state index < -0.39 is 0 Å². The fourth-order valence-corrected chi connectivity index (χ4v) is 2.61. The Morgan fingerprint density at radius 1 is 1.20 bits per heavy atom. The van der Waals surface area contributed by atoms with E-state index in [9.17, 15) is 4.79 Å². The van der Waals surface area contributed by atoms with Crippen molar-refractivity contribution >= 4 is 5.91 Å². The largest absolute Gasteiger partial charge is 0.342 e. The summed E-state index contributed by atoms with van der Waals surface area (Å²) in [5, 5.41) is 3.40. The molecule has 3 nitrogen and oxygen atoms in total. The van der Waals surface area contributed by atoms with Crippen molar-refractivity contribution < 1.29 is 4.79 Å². The van der Waals surface area contributed by atoms with Gasteiger partial charge in [0.2, 0.25) is 5.91 Å². The monoisotopic (exact) mass is 210 g/mol. The number of amides is 1. The Hall–Kier alpha value is -0.570. The predicted molar refractivity (Wildman–Crippen MR) is 60.4 cm³/mol. The minimum Gasteiger partial charge on any atom is -0.342 e. The number of hydrogen-bond acceptors (Lipinski definition) is 2. The average Bonchev–Trinajstić information content (AvgIpc) is 2.74. The van der Waals surface area contributed by atoms with E-state index in [-0.39, 0.29) is 5.92 Å². The standard InChI is InChI=1S/C12H22N2O/c1-8(2)9(3)12(15)14-6-10-4-13-5-11(10)7-14/h8-11,13H,4-7H2,1-3H3. The quantitative estimate of drug-likeness (QED) is 0.736. The van der Waals surface area contributed by atoms with Gasteiger partial charge in [-0.1, -0.05) is 20.8 Å². The number of nitrogens with one attached hydrogen (secondary N) is 1. The first-order chi connectivity index (χ1) is 7.09. The summed E-state index contributed by atoms with van der Waals surface area (Å²) in [6.45, 7) is 10.5. The van der Waals surface area contributed by atoms with Crippen molar-refractivity contribution in [2.24, 2.45) is 23.7 Å². The van der Waals surface area contributed by atoms with Crippen LogP contribution in [0.2, 0.25) is 0 Å². The van der Waals surface area contributed by atoms with Crippen molar-refractivity contribution in [3.63, 3.8) is 0 Å². The zero-order chi connectivity index (χ0) is 11.0. The van der Waals surface area contributed by atoms with Gasteiger partial charge in [0.05, 0.1) is 0 Å². The second-order valence-electron chi connectivity index (χ2n) is 5.45. The Morgan fingerprint density at radius 2 is 1.73 bits per heavy atom. The molecule has 2 rings (SSSR count). The van der Waals surface area contributed by atoms with Crippen molar-refractivity contribution in [2.45, 2.75) is 20.8 Å². The third kappa shape index (κ3) is 2.03. The van der Waals surface area contributed by atoms with E-state index in [0.29, 0.717) is 23.7 Å². The Balaban J connectivity index is 1.93. The summed E-state index contributed by atoms with van der Waals surface area (Å²) in [5.41, 5.74) is 0. The maximum atomic E-state index is 12.1. The molecule has 2 aliphatic rings. The van der Waals surface area contributed by atoms with Crippen molar-refractivity contribution in [3.05, 3.63) is 0 Å². The van der Waals surface area contributed by atoms with Gasteiger partial charge < -0.3 is 10.2 Å². The molecule has 15 heavy (non-hydrogen) atoms. The van der Waals surface area contributed by atoms with Gasteiger partial charge in [-0.3, -0.25) is 4.79 Å². The number of carbonyl (C=O) groups excluding carboxylic acids is 1. The second-order valence-corrected chi connectivity index (χ2v) is 5.45. The van der Waals surface area contributed by atoms with Crippen LogP contribution in [0.1, 0.15) is 20.8 Å². The zero-order valence-corrected chi connectivity index (χ0v) is 9.99. The van der Waals surface area contributed by atoms with Crippen LogP contribution in [0.5, 0.6) is 0 Å². The summed E-state index contributed by atoms with van der Waals surface area (Å²) in [5.74, 6) is 2.42. The average molecular weight is 210 g/mol. The molecule has 3 atom stereocenters. The highest BCUT2D eigenvalue weighted by Crippen LogP contribution is 2.28. The smallest absolute Gasteiger partial charge is 0.225 e. The van der Waals surface area contributed by atoms with Gasteiger partial charge in [0.15, 0.2) is 0 Å². The van der Waals surface area contributed by atoms with Crippen LogP contribution >= 0.6 is 0 Å². The molecule has 0 aromatic carbocycles. The second kappa shape index (κ2) is 4.12. The van der Waals surface area contributed by atoms with Crippen molar-refractivity contribution in [1.82, 2.24) is 10.2 Å². The SMILES string of the molecule is CC(C)C(C)C(=O)N1CC2CNCC2C1. The highest BCUT2D eigenvalue weighted by Gasteiger charge is 2.39. The molecule has 0 aromatic rings. The van der Waals surface area contributed by atoms with Crippen LogP contribution in [0, 0.1) is 23.7 Å². The summed E-state index contributed by atoms with van der Waals surface area (Å²) in [7, 11) is 0. The Morgan fingerprint density at radius 3 is 2.20 bits per heavy atom. The molecule has 2 heterocycles. The maximum absolute atomic E-state index is 12.1. The fraction of sp³-hybridized carbons (Fsp3) is 0.917. The van der Waals surface area contributed by atoms with Crippen LogP contribution in [-0.4, -0.2) is 37.0 Å². The summed E-state index contributed by atoms with van der Waals surface area (Å²) >= 11 is 0. The molecule has 0 spiro atoms. The summed E-state index contributed by atoms with van der Waals surface area (Å²) < 4.78 is 0. The maximum Gasteiger partial charge on any atom is 0.225 e. The van der Waals surface area contributed by atoms with E-state index in [1.54, 1.807) is 0 Å². The molecular formula is C12H22N2O. The molecule has 0 aromatic heterocycles. The minimum atomic E-state index is 0.178. The third-order valence-corrected chi connectivity index (χ3v) is 4.09. The molecule has 0 bridgehead atoms. The molecular weight excluding hydrogens is 188 g/mol. The number of nitrogens with zero attached hydrogens (tertiary/aromatic N) is 1. The molecule has 86 valence electrons. The van der Waals surface area contributed by atoms with Crippen LogP contribution in [0.15, 0.2) is 0 Å². The highest BCUT2D eigenvalue weighted by molar-refractivity contribution is 5.79. The number of hydrogen-bond donors (Lipinski definition) is 1. The first kappa shape index (κ1) is 10.9. The Labute approximate surface area is 92.2 Å². The fourth-order valence-electron chi connectivity index (χ4n) is 2.61. The predicted octanol–water partition coefficient (Wildman–Crippen LogP) is 0.956. The number of rotatable bonds is 2. The van der Waals surface area contributed by atoms with E-state index in [4.69, 9.17) is 0 Å². The molecule has 2 saturated heterocycles. The van der Waals surface area contributed by atoms with Gasteiger partial charge in [-0.05, 0) is 17.8 Å². The molecule has 2 fully saturated rings. The van der Waals surface area contributed by atoms with Crippen LogP contribution in [0.4, 0.5) is 0 Å². The van der Waals surface area contributed by atoms with E-state index in [2.05, 4.69) is 31.0 Å². The number of fused-ring (bicyclic) bond motifs is 1. The van der Waals surface area contributed by atoms with Gasteiger partial charge in [0.1, 0.15) is 0 Å². The van der Waals surface area contributed by atoms with Crippen LogP contribution in [0.25, 0.3) is 0 Å². The van der Waals surface area contributed by atoms with Gasteiger partial charge in [0, 0.05) is 32.1 Å². The lowest BCUT2D eigenvalue weighted by atomic mass is 9.97. The van der Waals surface area contributed by atoms with Crippen LogP contribution in [-0.2, 0) is 4.79 Å². The Bertz CT molecular complexity index is 240. The van der Waals surface area contributed by atoms with Gasteiger partial charge in [-0.2, -0.15) is 0 Å². The molecule has 3 heteroatoms. The lowest BCUT2D eigenvalue weighted by Crippen LogP contribution is -2.37. The topological polar surface area (TPSA) is 32.3 Å². The molecule has 2 aliphatic heterocycles. The third-order valence-electron chi connectivity index (χ3n) is 4.09. The van der Waals surface area contributed by atoms with Crippen LogP contribution in [0.3, 0.4) is 0 Å². The number of carbonyl (C=O) groups is 1. The normalized spacial score (nSPS) is 32.1. The van der Waals surface area contributed by atoms with E-state index in [1.165, 1.54) is 0 Å². The zero-order valence-electron chi connectivity index (χ0n) is 9.99. The lowest BCUT2D eigenvalue weighted by molar-refractivity contribution is -0.135. The van der Waals surface area contributed by atoms with Crippen molar-refractivity contribution in [2.75, 3.05) is 26.2 Å². The van der Waals surface area contributed by atoms with Crippen molar-refractivity contribution in [3.8, 4) is 0 Å². The van der Waals surface area contributed by atoms with Gasteiger partial charge in [-0.25, -0.2) is 0 Å². The molecule has 0 saturated carbocycles. The van der Waals surface area contributed by atoms with E-state index in [0.717, 1.165) is 26.2 Å². The lowest BCUT2D eigenvalue weighted by Gasteiger charge is -2.23. The van der Waals surface area contributed by atoms with E-state index >= 15 is 0 Å². The van der Waals surface area contributed by atoms with Crippen LogP contribution < -0.4 is 5.32 Å². The first-order valence-electron chi connectivity index (χ1n) is 6.09. The van der Waals surface area contributed by atoms with Gasteiger partial charge >= 0.3 is 0 Å². The van der Waals surface area contributed by atoms with E-state index in [1.807, 2.05) is 0 Å². The molecule has 0 aliphatic carbocycles. The van der Waals surface area contributed by atoms with Gasteiger partial charge in [0.25, 0.3) is 0 Å². The molecule has 1 amide bonds. The molecule has 3 unspecified atom stereocenters. The summed E-state index contributed by atoms with van der Waals surface area (Å²) in [4.78, 5) is 14.2. The first-order valence-corrected chi connectivity index (χ1v) is 6.09. The minimum absolute atomic E-state index is 0.178.